The molecule has 0 saturated heterocycles. The Labute approximate surface area is 130 Å². The molecule has 5 heteroatoms. The van der Waals surface area contributed by atoms with Gasteiger partial charge >= 0.3 is 19.5 Å². The Morgan fingerprint density at radius 3 is 1.00 bits per heavy atom. The molecular weight excluding hydrogens is 290 g/mol. The van der Waals surface area contributed by atoms with E-state index in [2.05, 4.69) is 48.0 Å². The van der Waals surface area contributed by atoms with Gasteiger partial charge in [0, 0.05) is 13.1 Å². The van der Waals surface area contributed by atoms with Crippen molar-refractivity contribution in [1.29, 1.82) is 0 Å². The first-order valence-corrected chi connectivity index (χ1v) is 5.95. The van der Waals surface area contributed by atoms with Crippen molar-refractivity contribution in [2.24, 2.45) is 0 Å². The zero-order chi connectivity index (χ0) is 13.6. The van der Waals surface area contributed by atoms with Crippen molar-refractivity contribution >= 4 is 0 Å². The molecule has 0 radical (unpaired) electrons. The Kier molecular flexibility index (Phi) is 16.3. The maximum atomic E-state index is 3.72. The van der Waals surface area contributed by atoms with Crippen LogP contribution in [-0.2, 0) is 19.5 Å². The maximum absolute atomic E-state index is 3.72. The first-order valence-electron chi connectivity index (χ1n) is 5.95. The minimum Gasteiger partial charge on any atom is -0.670 e. The van der Waals surface area contributed by atoms with Gasteiger partial charge < -0.3 is 19.8 Å². The second-order valence-corrected chi connectivity index (χ2v) is 4.27. The molecule has 0 N–H and O–H groups in total. The summed E-state index contributed by atoms with van der Waals surface area (Å²) >= 11 is 0. The standard InChI is InChI=1S/C6H16N2.2C4H4N.Zn/c1-7(2)5-6-8(3)4;2*1-2-4-5-3-1;/h5-6H2,1-4H3;2*1-4H;/q;2*-1;+2. The average Bonchev–Trinajstić information content (AvgIpc) is 3.03. The minimum absolute atomic E-state index is 0. The first kappa shape index (κ1) is 20.4. The van der Waals surface area contributed by atoms with E-state index in [-0.39, 0.29) is 19.5 Å². The molecule has 0 amide bonds. The van der Waals surface area contributed by atoms with Crippen molar-refractivity contribution in [2.45, 2.75) is 0 Å². The van der Waals surface area contributed by atoms with Gasteiger partial charge in [0.15, 0.2) is 0 Å². The van der Waals surface area contributed by atoms with Crippen LogP contribution in [0.4, 0.5) is 0 Å². The molecule has 2 heterocycles. The SMILES string of the molecule is CN(C)CCN(C)C.[Zn+2].c1cc[n-]c1.c1cc[n-]c1. The predicted octanol–water partition coefficient (Wildman–Crippen LogP) is 1.39. The maximum Gasteiger partial charge on any atom is 2.00 e. The normalized spacial score (nSPS) is 8.95. The van der Waals surface area contributed by atoms with Crippen molar-refractivity contribution < 1.29 is 19.5 Å². The minimum atomic E-state index is 0. The summed E-state index contributed by atoms with van der Waals surface area (Å²) in [5.41, 5.74) is 0. The molecule has 19 heavy (non-hydrogen) atoms. The van der Waals surface area contributed by atoms with E-state index < -0.39 is 0 Å². The molecule has 0 aliphatic carbocycles. The van der Waals surface area contributed by atoms with Crippen LogP contribution >= 0.6 is 0 Å². The van der Waals surface area contributed by atoms with Gasteiger partial charge in [-0.3, -0.25) is 0 Å². The van der Waals surface area contributed by atoms with Crippen LogP contribution in [0.3, 0.4) is 0 Å². The third kappa shape index (κ3) is 19.6. The number of rotatable bonds is 3. The predicted molar refractivity (Wildman–Crippen MR) is 76.6 cm³/mol. The summed E-state index contributed by atoms with van der Waals surface area (Å²) in [4.78, 5) is 11.8. The van der Waals surface area contributed by atoms with E-state index in [0.29, 0.717) is 0 Å². The summed E-state index contributed by atoms with van der Waals surface area (Å²) in [5.74, 6) is 0. The van der Waals surface area contributed by atoms with Crippen LogP contribution in [-0.4, -0.2) is 51.1 Å². The average molecular weight is 314 g/mol. The molecular formula is C14H24N4Zn. The van der Waals surface area contributed by atoms with Crippen LogP contribution in [0.25, 0.3) is 0 Å². The van der Waals surface area contributed by atoms with E-state index in [4.69, 9.17) is 0 Å². The Balaban J connectivity index is 0. The summed E-state index contributed by atoms with van der Waals surface area (Å²) in [6.07, 6.45) is 7.00. The number of likely N-dealkylation sites (N-methyl/N-ethyl adjacent to an activating group) is 2. The van der Waals surface area contributed by atoms with Crippen molar-refractivity contribution in [2.75, 3.05) is 41.3 Å². The molecule has 0 unspecified atom stereocenters. The zero-order valence-electron chi connectivity index (χ0n) is 12.5. The summed E-state index contributed by atoms with van der Waals surface area (Å²) in [7, 11) is 8.35. The Morgan fingerprint density at radius 2 is 0.895 bits per heavy atom. The fourth-order valence-electron chi connectivity index (χ4n) is 0.897. The van der Waals surface area contributed by atoms with Gasteiger partial charge in [-0.15, -0.1) is 0 Å². The van der Waals surface area contributed by atoms with Crippen LogP contribution in [0.2, 0.25) is 0 Å². The van der Waals surface area contributed by atoms with Gasteiger partial charge in [-0.2, -0.15) is 24.8 Å². The summed E-state index contributed by atoms with van der Waals surface area (Å²) in [6, 6.07) is 7.56. The molecule has 2 aromatic heterocycles. The van der Waals surface area contributed by atoms with Gasteiger partial charge in [-0.05, 0) is 28.2 Å². The summed E-state index contributed by atoms with van der Waals surface area (Å²) in [6.45, 7) is 2.29. The largest absolute Gasteiger partial charge is 2.00 e. The van der Waals surface area contributed by atoms with Crippen molar-refractivity contribution in [3.63, 3.8) is 0 Å². The fourth-order valence-corrected chi connectivity index (χ4v) is 0.897. The van der Waals surface area contributed by atoms with Crippen LogP contribution in [0.1, 0.15) is 0 Å². The first-order chi connectivity index (χ1) is 8.63. The monoisotopic (exact) mass is 312 g/mol. The van der Waals surface area contributed by atoms with E-state index in [9.17, 15) is 0 Å². The number of aromatic nitrogens is 2. The van der Waals surface area contributed by atoms with Crippen molar-refractivity contribution in [3.8, 4) is 0 Å². The number of nitrogens with zero attached hydrogens (tertiary/aromatic N) is 4. The van der Waals surface area contributed by atoms with Gasteiger partial charge in [-0.1, -0.05) is 24.3 Å². The van der Waals surface area contributed by atoms with Crippen LogP contribution < -0.4 is 9.97 Å². The van der Waals surface area contributed by atoms with Gasteiger partial charge in [0.1, 0.15) is 0 Å². The molecule has 0 aliphatic rings. The van der Waals surface area contributed by atoms with E-state index in [1.807, 2.05) is 24.3 Å². The van der Waals surface area contributed by atoms with E-state index in [1.165, 1.54) is 0 Å². The zero-order valence-corrected chi connectivity index (χ0v) is 15.5. The van der Waals surface area contributed by atoms with E-state index in [0.717, 1.165) is 13.1 Å². The molecule has 2 rings (SSSR count). The third-order valence-electron chi connectivity index (χ3n) is 1.91. The van der Waals surface area contributed by atoms with Gasteiger partial charge in [0.25, 0.3) is 0 Å². The Bertz CT molecular complexity index is 248. The molecule has 2 aromatic rings. The summed E-state index contributed by atoms with van der Waals surface area (Å²) < 4.78 is 0. The molecule has 4 nitrogen and oxygen atoms in total. The van der Waals surface area contributed by atoms with E-state index >= 15 is 0 Å². The van der Waals surface area contributed by atoms with Gasteiger partial charge in [-0.25, -0.2) is 0 Å². The molecule has 0 spiro atoms. The van der Waals surface area contributed by atoms with Crippen molar-refractivity contribution in [1.82, 2.24) is 19.8 Å². The van der Waals surface area contributed by atoms with Crippen LogP contribution in [0.15, 0.2) is 49.1 Å². The fraction of sp³-hybridized carbons (Fsp3) is 0.429. The van der Waals surface area contributed by atoms with E-state index in [1.54, 1.807) is 24.8 Å². The Hall–Kier alpha value is -0.897. The van der Waals surface area contributed by atoms with Crippen molar-refractivity contribution in [3.05, 3.63) is 49.1 Å². The molecule has 0 fully saturated rings. The smallest absolute Gasteiger partial charge is 0.670 e. The van der Waals surface area contributed by atoms with Gasteiger partial charge in [0.05, 0.1) is 0 Å². The molecule has 0 saturated carbocycles. The molecule has 0 atom stereocenters. The second-order valence-electron chi connectivity index (χ2n) is 4.27. The second kappa shape index (κ2) is 15.2. The topological polar surface area (TPSA) is 34.7 Å². The summed E-state index contributed by atoms with van der Waals surface area (Å²) in [5, 5.41) is 0. The quantitative estimate of drug-likeness (QED) is 0.802. The molecule has 102 valence electrons. The molecule has 0 bridgehead atoms. The molecule has 0 aliphatic heterocycles. The van der Waals surface area contributed by atoms with Crippen LogP contribution in [0, 0.1) is 0 Å². The number of hydrogen-bond donors (Lipinski definition) is 0. The Morgan fingerprint density at radius 1 is 0.632 bits per heavy atom. The van der Waals surface area contributed by atoms with Gasteiger partial charge in [0.2, 0.25) is 0 Å². The van der Waals surface area contributed by atoms with Crippen LogP contribution in [0.5, 0.6) is 0 Å². The number of hydrogen-bond acceptors (Lipinski definition) is 2. The molecule has 0 aromatic carbocycles. The third-order valence-corrected chi connectivity index (χ3v) is 1.91.